The number of hydrogen-bond acceptors (Lipinski definition) is 12. The summed E-state index contributed by atoms with van der Waals surface area (Å²) in [6.45, 7) is 5.35. The van der Waals surface area contributed by atoms with Gasteiger partial charge in [0.2, 0.25) is 5.96 Å². The zero-order chi connectivity index (χ0) is 24.8. The number of nitrogens with zero attached hydrogens (tertiary/aromatic N) is 4. The number of aliphatic imine (C=N–C) groups is 1. The number of esters is 1. The lowest BCUT2D eigenvalue weighted by Crippen LogP contribution is -2.32. The summed E-state index contributed by atoms with van der Waals surface area (Å²) in [7, 11) is 0. The Kier molecular flexibility index (Phi) is 7.23. The number of hydrogen-bond donors (Lipinski definition) is 4. The fourth-order valence-electron chi connectivity index (χ4n) is 3.34. The molecule has 0 saturated heterocycles. The predicted molar refractivity (Wildman–Crippen MR) is 124 cm³/mol. The van der Waals surface area contributed by atoms with Crippen LogP contribution in [0.3, 0.4) is 0 Å². The molecule has 2 aromatic rings. The number of rotatable bonds is 7. The van der Waals surface area contributed by atoms with E-state index in [2.05, 4.69) is 20.6 Å². The third-order valence-corrected chi connectivity index (χ3v) is 4.65. The monoisotopic (exact) mass is 464 g/mol. The highest BCUT2D eigenvalue weighted by atomic mass is 16.6. The van der Waals surface area contributed by atoms with Crippen molar-refractivity contribution in [3.8, 4) is 23.8 Å². The van der Waals surface area contributed by atoms with E-state index < -0.39 is 12.0 Å². The van der Waals surface area contributed by atoms with Crippen molar-refractivity contribution in [2.24, 2.45) is 4.99 Å². The molecule has 0 bridgehead atoms. The Bertz CT molecular complexity index is 1210. The van der Waals surface area contributed by atoms with Crippen LogP contribution >= 0.6 is 0 Å². The van der Waals surface area contributed by atoms with Gasteiger partial charge in [0.05, 0.1) is 18.4 Å². The third kappa shape index (κ3) is 5.02. The molecule has 12 nitrogen and oxygen atoms in total. The van der Waals surface area contributed by atoms with Crippen LogP contribution in [0, 0.1) is 22.8 Å². The molecule has 1 unspecified atom stereocenters. The van der Waals surface area contributed by atoms with Crippen LogP contribution < -0.4 is 31.6 Å². The first-order valence-corrected chi connectivity index (χ1v) is 10.4. The first-order valence-electron chi connectivity index (χ1n) is 10.4. The summed E-state index contributed by atoms with van der Waals surface area (Å²) in [5.74, 6) is 0.541. The van der Waals surface area contributed by atoms with Crippen LogP contribution in [0.25, 0.3) is 0 Å². The molecule has 3 rings (SSSR count). The van der Waals surface area contributed by atoms with Crippen LogP contribution in [0.1, 0.15) is 43.5 Å². The van der Waals surface area contributed by atoms with Crippen LogP contribution in [-0.4, -0.2) is 36.2 Å². The maximum Gasteiger partial charge on any atom is 0.344 e. The predicted octanol–water partition coefficient (Wildman–Crippen LogP) is 1.79. The fourth-order valence-corrected chi connectivity index (χ4v) is 3.34. The van der Waals surface area contributed by atoms with Gasteiger partial charge in [-0.1, -0.05) is 6.07 Å². The number of pyridine rings is 1. The van der Waals surface area contributed by atoms with Crippen molar-refractivity contribution in [2.75, 3.05) is 30.0 Å². The Morgan fingerprint density at radius 1 is 1.26 bits per heavy atom. The molecule has 0 spiro atoms. The van der Waals surface area contributed by atoms with Crippen molar-refractivity contribution in [3.63, 3.8) is 0 Å². The molecule has 0 saturated carbocycles. The summed E-state index contributed by atoms with van der Waals surface area (Å²) in [6.07, 6.45) is 1.54. The molecule has 1 aliphatic rings. The number of carbonyl (C=O) groups is 1. The van der Waals surface area contributed by atoms with Crippen molar-refractivity contribution >= 4 is 29.3 Å². The molecule has 1 aromatic carbocycles. The molecule has 1 aromatic heterocycles. The quantitative estimate of drug-likeness (QED) is 0.265. The van der Waals surface area contributed by atoms with Crippen LogP contribution in [0.2, 0.25) is 0 Å². The van der Waals surface area contributed by atoms with Gasteiger partial charge >= 0.3 is 5.97 Å². The smallest absolute Gasteiger partial charge is 0.344 e. The lowest BCUT2D eigenvalue weighted by molar-refractivity contribution is -0.149. The molecule has 0 aliphatic carbocycles. The summed E-state index contributed by atoms with van der Waals surface area (Å²) in [6, 6.07) is 6.23. The average Bonchev–Trinajstić information content (AvgIpc) is 2.77. The summed E-state index contributed by atoms with van der Waals surface area (Å²) in [4.78, 5) is 20.6. The molecule has 6 N–H and O–H groups in total. The second-order valence-corrected chi connectivity index (χ2v) is 7.37. The Hall–Kier alpha value is -4.71. The molecular formula is C22H24N8O4. The van der Waals surface area contributed by atoms with Crippen LogP contribution in [0.4, 0.5) is 17.3 Å². The van der Waals surface area contributed by atoms with Gasteiger partial charge in [-0.15, -0.1) is 0 Å². The van der Waals surface area contributed by atoms with E-state index in [-0.39, 0.29) is 41.6 Å². The fraction of sp³-hybridized carbons (Fsp3) is 0.318. The molecule has 12 heteroatoms. The number of anilines is 3. The highest BCUT2D eigenvalue weighted by molar-refractivity contribution is 5.98. The average molecular weight is 464 g/mol. The molecule has 0 fully saturated rings. The Morgan fingerprint density at radius 2 is 2.03 bits per heavy atom. The minimum atomic E-state index is -0.744. The van der Waals surface area contributed by atoms with E-state index in [1.807, 2.05) is 6.07 Å². The Balaban J connectivity index is 2.04. The van der Waals surface area contributed by atoms with Gasteiger partial charge in [0.15, 0.2) is 24.3 Å². The number of fused-ring (bicyclic) bond motifs is 1. The van der Waals surface area contributed by atoms with Gasteiger partial charge in [0.25, 0.3) is 0 Å². The molecule has 0 amide bonds. The molecule has 176 valence electrons. The topological polar surface area (TPSA) is 194 Å². The van der Waals surface area contributed by atoms with Crippen molar-refractivity contribution in [2.45, 2.75) is 32.9 Å². The SMILES string of the molecule is CCOc1cc(C2N=C(NC#N)Nc3nc(N)c(C#N)c(N)c32)ccc1OCC(=O)OC(C)C. The van der Waals surface area contributed by atoms with E-state index in [0.29, 0.717) is 29.2 Å². The maximum atomic E-state index is 11.9. The van der Waals surface area contributed by atoms with E-state index in [1.165, 1.54) is 0 Å². The van der Waals surface area contributed by atoms with Gasteiger partial charge in [-0.25, -0.2) is 14.8 Å². The number of ether oxygens (including phenoxy) is 3. The minimum absolute atomic E-state index is 0.0334. The van der Waals surface area contributed by atoms with E-state index in [9.17, 15) is 10.1 Å². The number of benzene rings is 1. The second-order valence-electron chi connectivity index (χ2n) is 7.37. The Labute approximate surface area is 196 Å². The number of aromatic nitrogens is 1. The zero-order valence-electron chi connectivity index (χ0n) is 18.9. The summed E-state index contributed by atoms with van der Waals surface area (Å²) >= 11 is 0. The van der Waals surface area contributed by atoms with E-state index in [0.717, 1.165) is 0 Å². The molecule has 1 atom stereocenters. The molecule has 34 heavy (non-hydrogen) atoms. The summed E-state index contributed by atoms with van der Waals surface area (Å²) < 4.78 is 16.4. The van der Waals surface area contributed by atoms with Crippen LogP contribution in [0.15, 0.2) is 23.2 Å². The van der Waals surface area contributed by atoms with Gasteiger partial charge in [0.1, 0.15) is 29.3 Å². The van der Waals surface area contributed by atoms with E-state index >= 15 is 0 Å². The number of carbonyl (C=O) groups excluding carboxylic acids is 1. The summed E-state index contributed by atoms with van der Waals surface area (Å²) in [5, 5.41) is 23.8. The number of guanidine groups is 1. The first kappa shape index (κ1) is 23.9. The van der Waals surface area contributed by atoms with Gasteiger partial charge in [-0.3, -0.25) is 5.32 Å². The highest BCUT2D eigenvalue weighted by Crippen LogP contribution is 2.42. The number of nitrogens with one attached hydrogen (secondary N) is 2. The highest BCUT2D eigenvalue weighted by Gasteiger charge is 2.30. The molecular weight excluding hydrogens is 440 g/mol. The van der Waals surface area contributed by atoms with Gasteiger partial charge in [0, 0.05) is 5.56 Å². The van der Waals surface area contributed by atoms with Crippen LogP contribution in [0.5, 0.6) is 11.5 Å². The third-order valence-electron chi connectivity index (χ3n) is 4.65. The normalized spacial score (nSPS) is 14.1. The van der Waals surface area contributed by atoms with Gasteiger partial charge in [-0.2, -0.15) is 10.5 Å². The molecule has 0 radical (unpaired) electrons. The number of nitriles is 2. The van der Waals surface area contributed by atoms with Gasteiger partial charge in [-0.05, 0) is 38.5 Å². The minimum Gasteiger partial charge on any atom is -0.490 e. The van der Waals surface area contributed by atoms with E-state index in [4.69, 9.17) is 30.9 Å². The lowest BCUT2D eigenvalue weighted by atomic mass is 9.95. The largest absolute Gasteiger partial charge is 0.490 e. The number of nitrogens with two attached hydrogens (primary N) is 2. The van der Waals surface area contributed by atoms with Crippen LogP contribution in [-0.2, 0) is 9.53 Å². The van der Waals surface area contributed by atoms with E-state index in [1.54, 1.807) is 45.2 Å². The van der Waals surface area contributed by atoms with Crippen molar-refractivity contribution in [1.29, 1.82) is 10.5 Å². The second kappa shape index (κ2) is 10.3. The maximum absolute atomic E-state index is 11.9. The van der Waals surface area contributed by atoms with Crippen molar-refractivity contribution in [3.05, 3.63) is 34.9 Å². The Morgan fingerprint density at radius 3 is 2.68 bits per heavy atom. The van der Waals surface area contributed by atoms with Crippen molar-refractivity contribution < 1.29 is 19.0 Å². The standard InChI is InChI=1S/C22H24N8O4/c1-4-32-15-7-12(5-6-14(15)33-9-16(31)34-11(2)3)19-17-18(25)13(8-23)20(26)29-21(17)30-22(28-19)27-10-24/h5-7,11,19H,4,9H2,1-3H3,(H6,25,26,27,28,29,30). The van der Waals surface area contributed by atoms with Gasteiger partial charge < -0.3 is 31.0 Å². The number of nitrogen functional groups attached to an aromatic ring is 2. The lowest BCUT2D eigenvalue weighted by Gasteiger charge is -2.26. The molecule has 1 aliphatic heterocycles. The van der Waals surface area contributed by atoms with Crippen molar-refractivity contribution in [1.82, 2.24) is 10.3 Å². The molecule has 2 heterocycles. The summed E-state index contributed by atoms with van der Waals surface area (Å²) in [5.41, 5.74) is 13.3. The zero-order valence-corrected chi connectivity index (χ0v) is 18.9. The first-order chi connectivity index (χ1) is 16.3.